The first kappa shape index (κ1) is 14.6. The molecule has 0 aliphatic heterocycles. The SMILES string of the molecule is COc1ccc2c(NC(C)(CN)C(C)C)nccc2c1. The summed E-state index contributed by atoms with van der Waals surface area (Å²) in [4.78, 5) is 4.47. The van der Waals surface area contributed by atoms with E-state index in [0.717, 1.165) is 22.3 Å². The number of nitrogens with two attached hydrogens (primary N) is 1. The standard InChI is InChI=1S/C16H23N3O/c1-11(2)16(3,10-17)19-15-14-6-5-13(20-4)9-12(14)7-8-18-15/h5-9,11H,10,17H2,1-4H3,(H,18,19). The highest BCUT2D eigenvalue weighted by Gasteiger charge is 2.27. The molecule has 0 spiro atoms. The normalized spacial score (nSPS) is 14.3. The first-order valence-electron chi connectivity index (χ1n) is 6.91. The van der Waals surface area contributed by atoms with Crippen molar-refractivity contribution in [3.05, 3.63) is 30.5 Å². The number of anilines is 1. The van der Waals surface area contributed by atoms with Gasteiger partial charge in [0.1, 0.15) is 11.6 Å². The third-order valence-electron chi connectivity index (χ3n) is 4.07. The Kier molecular flexibility index (Phi) is 4.14. The lowest BCUT2D eigenvalue weighted by Gasteiger charge is -2.34. The third-order valence-corrected chi connectivity index (χ3v) is 4.07. The van der Waals surface area contributed by atoms with Crippen LogP contribution >= 0.6 is 0 Å². The second-order valence-electron chi connectivity index (χ2n) is 5.65. The first-order valence-corrected chi connectivity index (χ1v) is 6.91. The summed E-state index contributed by atoms with van der Waals surface area (Å²) in [6.45, 7) is 7.00. The molecule has 20 heavy (non-hydrogen) atoms. The van der Waals surface area contributed by atoms with Crippen molar-refractivity contribution in [1.82, 2.24) is 4.98 Å². The molecule has 1 atom stereocenters. The van der Waals surface area contributed by atoms with Crippen LogP contribution in [-0.4, -0.2) is 24.2 Å². The zero-order valence-corrected chi connectivity index (χ0v) is 12.6. The predicted molar refractivity (Wildman–Crippen MR) is 84.2 cm³/mol. The highest BCUT2D eigenvalue weighted by molar-refractivity contribution is 5.92. The van der Waals surface area contributed by atoms with Gasteiger partial charge in [0.05, 0.1) is 12.6 Å². The Balaban J connectivity index is 2.45. The number of nitrogens with zero attached hydrogens (tertiary/aromatic N) is 1. The summed E-state index contributed by atoms with van der Waals surface area (Å²) in [6, 6.07) is 7.97. The van der Waals surface area contributed by atoms with E-state index in [1.165, 1.54) is 0 Å². The molecule has 0 saturated heterocycles. The topological polar surface area (TPSA) is 60.2 Å². The molecule has 0 fully saturated rings. The lowest BCUT2D eigenvalue weighted by molar-refractivity contribution is 0.382. The molecule has 0 bridgehead atoms. The largest absolute Gasteiger partial charge is 0.497 e. The summed E-state index contributed by atoms with van der Waals surface area (Å²) in [5, 5.41) is 5.69. The minimum Gasteiger partial charge on any atom is -0.497 e. The highest BCUT2D eigenvalue weighted by Crippen LogP contribution is 2.28. The molecule has 0 saturated carbocycles. The van der Waals surface area contributed by atoms with Gasteiger partial charge in [-0.2, -0.15) is 0 Å². The second kappa shape index (κ2) is 5.67. The smallest absolute Gasteiger partial charge is 0.134 e. The van der Waals surface area contributed by atoms with Crippen molar-refractivity contribution >= 4 is 16.6 Å². The Morgan fingerprint density at radius 1 is 1.35 bits per heavy atom. The highest BCUT2D eigenvalue weighted by atomic mass is 16.5. The Morgan fingerprint density at radius 3 is 2.70 bits per heavy atom. The number of rotatable bonds is 5. The van der Waals surface area contributed by atoms with Gasteiger partial charge < -0.3 is 15.8 Å². The molecule has 3 N–H and O–H groups in total. The minimum absolute atomic E-state index is 0.179. The van der Waals surface area contributed by atoms with Gasteiger partial charge in [0, 0.05) is 18.1 Å². The van der Waals surface area contributed by atoms with Crippen molar-refractivity contribution in [1.29, 1.82) is 0 Å². The number of hydrogen-bond donors (Lipinski definition) is 2. The van der Waals surface area contributed by atoms with Gasteiger partial charge in [0.2, 0.25) is 0 Å². The monoisotopic (exact) mass is 273 g/mol. The van der Waals surface area contributed by atoms with Gasteiger partial charge >= 0.3 is 0 Å². The summed E-state index contributed by atoms with van der Waals surface area (Å²) < 4.78 is 5.26. The van der Waals surface area contributed by atoms with E-state index in [1.807, 2.05) is 24.3 Å². The number of fused-ring (bicyclic) bond motifs is 1. The fraction of sp³-hybridized carbons (Fsp3) is 0.438. The van der Waals surface area contributed by atoms with E-state index >= 15 is 0 Å². The molecule has 0 radical (unpaired) electrons. The van der Waals surface area contributed by atoms with Crippen molar-refractivity contribution in [3.8, 4) is 5.75 Å². The molecule has 1 aromatic carbocycles. The van der Waals surface area contributed by atoms with Gasteiger partial charge in [-0.15, -0.1) is 0 Å². The quantitative estimate of drug-likeness (QED) is 0.879. The van der Waals surface area contributed by atoms with Gasteiger partial charge in [0.25, 0.3) is 0 Å². The number of ether oxygens (including phenoxy) is 1. The van der Waals surface area contributed by atoms with Crippen LogP contribution in [0.5, 0.6) is 5.75 Å². The zero-order chi connectivity index (χ0) is 14.8. The molecular formula is C16H23N3O. The molecule has 0 aliphatic carbocycles. The minimum atomic E-state index is -0.179. The Bertz CT molecular complexity index is 597. The summed E-state index contributed by atoms with van der Waals surface area (Å²) in [6.07, 6.45) is 1.81. The van der Waals surface area contributed by atoms with Crippen LogP contribution in [0.15, 0.2) is 30.5 Å². The Hall–Kier alpha value is -1.81. The lowest BCUT2D eigenvalue weighted by Crippen LogP contribution is -2.47. The Labute approximate surface area is 120 Å². The summed E-state index contributed by atoms with van der Waals surface area (Å²) >= 11 is 0. The average Bonchev–Trinajstić information content (AvgIpc) is 2.46. The molecule has 108 valence electrons. The van der Waals surface area contributed by atoms with Gasteiger partial charge in [-0.1, -0.05) is 13.8 Å². The van der Waals surface area contributed by atoms with Gasteiger partial charge in [0.15, 0.2) is 0 Å². The van der Waals surface area contributed by atoms with Crippen molar-refractivity contribution in [2.75, 3.05) is 19.0 Å². The predicted octanol–water partition coefficient (Wildman–Crippen LogP) is 3.03. The maximum atomic E-state index is 5.94. The van der Waals surface area contributed by atoms with Crippen LogP contribution in [-0.2, 0) is 0 Å². The van der Waals surface area contributed by atoms with Crippen LogP contribution in [0.4, 0.5) is 5.82 Å². The maximum Gasteiger partial charge on any atom is 0.134 e. The molecule has 0 aliphatic rings. The third kappa shape index (κ3) is 2.70. The van der Waals surface area contributed by atoms with Gasteiger partial charge in [-0.3, -0.25) is 0 Å². The average molecular weight is 273 g/mol. The Morgan fingerprint density at radius 2 is 2.10 bits per heavy atom. The van der Waals surface area contributed by atoms with Crippen LogP contribution in [0.2, 0.25) is 0 Å². The van der Waals surface area contributed by atoms with E-state index in [-0.39, 0.29) is 5.54 Å². The summed E-state index contributed by atoms with van der Waals surface area (Å²) in [7, 11) is 1.67. The van der Waals surface area contributed by atoms with Crippen molar-refractivity contribution in [3.63, 3.8) is 0 Å². The molecule has 1 heterocycles. The molecular weight excluding hydrogens is 250 g/mol. The number of hydrogen-bond acceptors (Lipinski definition) is 4. The summed E-state index contributed by atoms with van der Waals surface area (Å²) in [5.41, 5.74) is 5.76. The van der Waals surface area contributed by atoms with Gasteiger partial charge in [-0.25, -0.2) is 4.98 Å². The molecule has 1 unspecified atom stereocenters. The number of pyridine rings is 1. The number of methoxy groups -OCH3 is 1. The van der Waals surface area contributed by atoms with Gasteiger partial charge in [-0.05, 0) is 42.5 Å². The van der Waals surface area contributed by atoms with E-state index < -0.39 is 0 Å². The second-order valence-corrected chi connectivity index (χ2v) is 5.65. The van der Waals surface area contributed by atoms with Crippen molar-refractivity contribution in [2.45, 2.75) is 26.3 Å². The molecule has 2 rings (SSSR count). The number of benzene rings is 1. The van der Waals surface area contributed by atoms with E-state index in [9.17, 15) is 0 Å². The van der Waals surface area contributed by atoms with Crippen molar-refractivity contribution < 1.29 is 4.74 Å². The van der Waals surface area contributed by atoms with Crippen LogP contribution in [0, 0.1) is 5.92 Å². The van der Waals surface area contributed by atoms with E-state index in [2.05, 4.69) is 31.1 Å². The fourth-order valence-corrected chi connectivity index (χ4v) is 2.08. The molecule has 1 aromatic heterocycles. The van der Waals surface area contributed by atoms with Crippen molar-refractivity contribution in [2.24, 2.45) is 11.7 Å². The fourth-order valence-electron chi connectivity index (χ4n) is 2.08. The maximum absolute atomic E-state index is 5.94. The van der Waals surface area contributed by atoms with Crippen LogP contribution in [0.25, 0.3) is 10.8 Å². The zero-order valence-electron chi connectivity index (χ0n) is 12.6. The molecule has 4 heteroatoms. The van der Waals surface area contributed by atoms with Crippen LogP contribution in [0.3, 0.4) is 0 Å². The van der Waals surface area contributed by atoms with E-state index in [4.69, 9.17) is 10.5 Å². The first-order chi connectivity index (χ1) is 9.50. The van der Waals surface area contributed by atoms with Crippen LogP contribution < -0.4 is 15.8 Å². The van der Waals surface area contributed by atoms with Crippen LogP contribution in [0.1, 0.15) is 20.8 Å². The van der Waals surface area contributed by atoms with E-state index in [0.29, 0.717) is 12.5 Å². The number of aromatic nitrogens is 1. The lowest BCUT2D eigenvalue weighted by atomic mass is 9.88. The summed E-state index contributed by atoms with van der Waals surface area (Å²) in [5.74, 6) is 2.12. The molecule has 2 aromatic rings. The van der Waals surface area contributed by atoms with E-state index in [1.54, 1.807) is 13.3 Å². The molecule has 0 amide bonds. The number of nitrogens with one attached hydrogen (secondary N) is 1. The molecule has 4 nitrogen and oxygen atoms in total.